The number of alkyl halides is 3. The third kappa shape index (κ3) is 3.12. The summed E-state index contributed by atoms with van der Waals surface area (Å²) in [7, 11) is 0. The van der Waals surface area contributed by atoms with Gasteiger partial charge < -0.3 is 5.32 Å². The van der Waals surface area contributed by atoms with Gasteiger partial charge in [-0.3, -0.25) is 4.79 Å². The van der Waals surface area contributed by atoms with Gasteiger partial charge in [-0.05, 0) is 12.8 Å². The van der Waals surface area contributed by atoms with Crippen LogP contribution < -0.4 is 5.32 Å². The van der Waals surface area contributed by atoms with E-state index in [1.807, 2.05) is 0 Å². The lowest BCUT2D eigenvalue weighted by molar-refractivity contribution is -0.198. The van der Waals surface area contributed by atoms with Crippen molar-refractivity contribution in [3.05, 3.63) is 0 Å². The van der Waals surface area contributed by atoms with Crippen LogP contribution in [0.3, 0.4) is 0 Å². The fourth-order valence-corrected chi connectivity index (χ4v) is 2.09. The van der Waals surface area contributed by atoms with Gasteiger partial charge in [-0.25, -0.2) is 0 Å². The molecule has 0 spiro atoms. The summed E-state index contributed by atoms with van der Waals surface area (Å²) in [4.78, 5) is 11.5. The number of halogens is 3. The smallest absolute Gasteiger partial charge is 0.343 e. The van der Waals surface area contributed by atoms with E-state index < -0.39 is 23.9 Å². The lowest BCUT2D eigenvalue weighted by Crippen LogP contribution is -2.42. The highest BCUT2D eigenvalue weighted by atomic mass is 19.4. The van der Waals surface area contributed by atoms with E-state index >= 15 is 0 Å². The molecular formula is C10H13F3N2O. The number of rotatable bonds is 2. The third-order valence-electron chi connectivity index (χ3n) is 2.86. The van der Waals surface area contributed by atoms with Crippen molar-refractivity contribution in [3.63, 3.8) is 0 Å². The average molecular weight is 234 g/mol. The van der Waals surface area contributed by atoms with Gasteiger partial charge >= 0.3 is 6.18 Å². The maximum Gasteiger partial charge on any atom is 0.392 e. The second-order valence-corrected chi connectivity index (χ2v) is 3.91. The molecule has 0 aliphatic heterocycles. The number of nitrogens with one attached hydrogen (secondary N) is 1. The molecule has 1 saturated carbocycles. The maximum atomic E-state index is 12.6. The van der Waals surface area contributed by atoms with Gasteiger partial charge in [0.05, 0.1) is 12.0 Å². The highest BCUT2D eigenvalue weighted by molar-refractivity contribution is 5.79. The van der Waals surface area contributed by atoms with Crippen LogP contribution in [0.25, 0.3) is 0 Å². The van der Waals surface area contributed by atoms with Crippen LogP contribution in [0.5, 0.6) is 0 Å². The number of carbonyl (C=O) groups is 1. The van der Waals surface area contributed by atoms with E-state index in [4.69, 9.17) is 5.26 Å². The molecular weight excluding hydrogens is 221 g/mol. The van der Waals surface area contributed by atoms with Crippen molar-refractivity contribution in [3.8, 4) is 6.07 Å². The number of hydrogen-bond donors (Lipinski definition) is 1. The van der Waals surface area contributed by atoms with Crippen LogP contribution in [-0.2, 0) is 4.79 Å². The van der Waals surface area contributed by atoms with E-state index in [-0.39, 0.29) is 19.4 Å². The number of nitrogens with zero attached hydrogens (tertiary/aromatic N) is 1. The Kier molecular flexibility index (Phi) is 4.16. The van der Waals surface area contributed by atoms with Gasteiger partial charge in [0, 0.05) is 5.92 Å². The van der Waals surface area contributed by atoms with E-state index in [2.05, 4.69) is 5.32 Å². The van der Waals surface area contributed by atoms with Gasteiger partial charge in [-0.2, -0.15) is 18.4 Å². The van der Waals surface area contributed by atoms with Crippen LogP contribution in [0.15, 0.2) is 0 Å². The van der Waals surface area contributed by atoms with Crippen molar-refractivity contribution >= 4 is 5.91 Å². The van der Waals surface area contributed by atoms with Gasteiger partial charge in [-0.1, -0.05) is 12.8 Å². The van der Waals surface area contributed by atoms with Crippen molar-refractivity contribution in [1.29, 1.82) is 5.26 Å². The molecule has 0 bridgehead atoms. The van der Waals surface area contributed by atoms with E-state index in [9.17, 15) is 18.0 Å². The maximum absolute atomic E-state index is 12.6. The van der Waals surface area contributed by atoms with Gasteiger partial charge in [0.1, 0.15) is 6.54 Å². The summed E-state index contributed by atoms with van der Waals surface area (Å²) in [6.45, 7) is -0.236. The summed E-state index contributed by atoms with van der Waals surface area (Å²) >= 11 is 0. The van der Waals surface area contributed by atoms with Crippen molar-refractivity contribution < 1.29 is 18.0 Å². The number of nitriles is 1. The highest BCUT2D eigenvalue weighted by Crippen LogP contribution is 2.41. The van der Waals surface area contributed by atoms with E-state index in [1.54, 1.807) is 6.07 Å². The molecule has 1 aliphatic rings. The summed E-state index contributed by atoms with van der Waals surface area (Å²) in [6.07, 6.45) is -2.92. The molecule has 0 heterocycles. The van der Waals surface area contributed by atoms with Crippen LogP contribution >= 0.6 is 0 Å². The molecule has 6 heteroatoms. The van der Waals surface area contributed by atoms with Crippen LogP contribution in [0.4, 0.5) is 13.2 Å². The Labute approximate surface area is 91.6 Å². The molecule has 0 aromatic rings. The van der Waals surface area contributed by atoms with E-state index in [0.29, 0.717) is 12.8 Å². The van der Waals surface area contributed by atoms with Gasteiger partial charge in [0.15, 0.2) is 0 Å². The zero-order valence-corrected chi connectivity index (χ0v) is 8.68. The van der Waals surface area contributed by atoms with E-state index in [1.165, 1.54) is 0 Å². The molecule has 0 aromatic heterocycles. The molecule has 3 nitrogen and oxygen atoms in total. The Balaban J connectivity index is 2.67. The highest BCUT2D eigenvalue weighted by Gasteiger charge is 2.47. The van der Waals surface area contributed by atoms with Gasteiger partial charge in [0.25, 0.3) is 0 Å². The SMILES string of the molecule is N#CCNC(=O)C1CCCCC1C(F)(F)F. The standard InChI is InChI=1S/C10H13F3N2O/c11-10(12,13)8-4-2-1-3-7(8)9(16)15-6-5-14/h7-8H,1-4,6H2,(H,15,16). The predicted molar refractivity (Wildman–Crippen MR) is 50.1 cm³/mol. The molecule has 90 valence electrons. The Bertz CT molecular complexity index is 295. The molecule has 2 atom stereocenters. The molecule has 2 unspecified atom stereocenters. The molecule has 1 fully saturated rings. The number of hydrogen-bond acceptors (Lipinski definition) is 2. The first-order valence-corrected chi connectivity index (χ1v) is 5.18. The predicted octanol–water partition coefficient (Wildman–Crippen LogP) is 1.99. The van der Waals surface area contributed by atoms with Crippen molar-refractivity contribution in [1.82, 2.24) is 5.32 Å². The van der Waals surface area contributed by atoms with Crippen molar-refractivity contribution in [2.75, 3.05) is 6.54 Å². The topological polar surface area (TPSA) is 52.9 Å². The summed E-state index contributed by atoms with van der Waals surface area (Å²) < 4.78 is 37.9. The summed E-state index contributed by atoms with van der Waals surface area (Å²) in [5, 5.41) is 10.5. The Morgan fingerprint density at radius 2 is 2.00 bits per heavy atom. The Morgan fingerprint density at radius 1 is 1.38 bits per heavy atom. The summed E-state index contributed by atoms with van der Waals surface area (Å²) in [5.41, 5.74) is 0. The molecule has 0 radical (unpaired) electrons. The zero-order valence-electron chi connectivity index (χ0n) is 8.68. The first-order valence-electron chi connectivity index (χ1n) is 5.18. The number of amides is 1. The first-order chi connectivity index (χ1) is 7.46. The van der Waals surface area contributed by atoms with Crippen LogP contribution in [0, 0.1) is 23.2 Å². The zero-order chi connectivity index (χ0) is 12.2. The lowest BCUT2D eigenvalue weighted by atomic mass is 9.78. The minimum absolute atomic E-state index is 0.00808. The van der Waals surface area contributed by atoms with Crippen molar-refractivity contribution in [2.45, 2.75) is 31.9 Å². The quantitative estimate of drug-likeness (QED) is 0.743. The van der Waals surface area contributed by atoms with Gasteiger partial charge in [-0.15, -0.1) is 0 Å². The number of carbonyl (C=O) groups excluding carboxylic acids is 1. The minimum Gasteiger partial charge on any atom is -0.343 e. The molecule has 1 rings (SSSR count). The average Bonchev–Trinajstić information content (AvgIpc) is 2.24. The van der Waals surface area contributed by atoms with Crippen LogP contribution in [0.1, 0.15) is 25.7 Å². The fraction of sp³-hybridized carbons (Fsp3) is 0.800. The van der Waals surface area contributed by atoms with E-state index in [0.717, 1.165) is 0 Å². The fourth-order valence-electron chi connectivity index (χ4n) is 2.09. The summed E-state index contributed by atoms with van der Waals surface area (Å²) in [6, 6.07) is 1.68. The lowest BCUT2D eigenvalue weighted by Gasteiger charge is -2.31. The normalized spacial score (nSPS) is 25.9. The van der Waals surface area contributed by atoms with Gasteiger partial charge in [0.2, 0.25) is 5.91 Å². The van der Waals surface area contributed by atoms with Crippen LogP contribution in [-0.4, -0.2) is 18.6 Å². The van der Waals surface area contributed by atoms with Crippen molar-refractivity contribution in [2.24, 2.45) is 11.8 Å². The Morgan fingerprint density at radius 3 is 2.56 bits per heavy atom. The van der Waals surface area contributed by atoms with Crippen LogP contribution in [0.2, 0.25) is 0 Å². The molecule has 0 aromatic carbocycles. The Hall–Kier alpha value is -1.25. The minimum atomic E-state index is -4.32. The second-order valence-electron chi connectivity index (χ2n) is 3.91. The molecule has 0 saturated heterocycles. The molecule has 1 N–H and O–H groups in total. The monoisotopic (exact) mass is 234 g/mol. The third-order valence-corrected chi connectivity index (χ3v) is 2.86. The molecule has 1 amide bonds. The first kappa shape index (κ1) is 12.8. The molecule has 1 aliphatic carbocycles. The molecule has 16 heavy (non-hydrogen) atoms. The largest absolute Gasteiger partial charge is 0.392 e. The summed E-state index contributed by atoms with van der Waals surface area (Å²) in [5.74, 6) is -3.23. The second kappa shape index (κ2) is 5.19.